The maximum absolute atomic E-state index is 4.67. The summed E-state index contributed by atoms with van der Waals surface area (Å²) in [6.45, 7) is 4.01. The summed E-state index contributed by atoms with van der Waals surface area (Å²) in [6, 6.07) is 81.8. The van der Waals surface area contributed by atoms with E-state index in [1.807, 2.05) is 24.4 Å². The number of aromatic nitrogens is 1. The van der Waals surface area contributed by atoms with Gasteiger partial charge in [-0.05, 0) is 126 Å². The lowest BCUT2D eigenvalue weighted by Gasteiger charge is -2.30. The first-order valence-corrected chi connectivity index (χ1v) is 20.6. The maximum Gasteiger partial charge on any atom is 0.0702 e. The van der Waals surface area contributed by atoms with E-state index in [4.69, 9.17) is 0 Å². The first-order chi connectivity index (χ1) is 30.2. The summed E-state index contributed by atoms with van der Waals surface area (Å²) in [5.41, 5.74) is 12.7. The molecule has 0 radical (unpaired) electrons. The molecule has 0 atom stereocenters. The molecule has 0 saturated heterocycles. The van der Waals surface area contributed by atoms with Gasteiger partial charge < -0.3 is 14.7 Å². The van der Waals surface area contributed by atoms with Crippen LogP contribution < -0.4 is 14.7 Å². The van der Waals surface area contributed by atoms with Crippen molar-refractivity contribution >= 4 is 78.8 Å². The topological polar surface area (TPSA) is 22.6 Å². The summed E-state index contributed by atoms with van der Waals surface area (Å²) in [5.74, 6) is 0. The minimum Gasteiger partial charge on any atom is -0.311 e. The van der Waals surface area contributed by atoms with Crippen molar-refractivity contribution in [2.75, 3.05) is 14.7 Å². The van der Waals surface area contributed by atoms with E-state index in [-0.39, 0.29) is 0 Å². The number of pyridine rings is 1. The molecule has 9 aromatic carbocycles. The van der Waals surface area contributed by atoms with E-state index in [1.165, 1.54) is 21.5 Å². The third-order valence-corrected chi connectivity index (χ3v) is 11.2. The molecule has 0 aliphatic heterocycles. The largest absolute Gasteiger partial charge is 0.311 e. The Bertz CT molecular complexity index is 3080. The average molecular weight is 783 g/mol. The van der Waals surface area contributed by atoms with Gasteiger partial charge in [0, 0.05) is 62.3 Å². The van der Waals surface area contributed by atoms with Crippen LogP contribution in [0.15, 0.2) is 243 Å². The molecule has 61 heavy (non-hydrogen) atoms. The summed E-state index contributed by atoms with van der Waals surface area (Å²) in [5, 5.41) is 4.76. The highest BCUT2D eigenvalue weighted by molar-refractivity contribution is 6.00. The lowest BCUT2D eigenvalue weighted by Crippen LogP contribution is -2.13. The van der Waals surface area contributed by atoms with Crippen LogP contribution in [0.3, 0.4) is 0 Å². The van der Waals surface area contributed by atoms with Gasteiger partial charge in [0.05, 0.1) is 17.1 Å². The van der Waals surface area contributed by atoms with Gasteiger partial charge >= 0.3 is 0 Å². The number of hydrogen-bond donors (Lipinski definition) is 0. The molecule has 1 heterocycles. The quantitative estimate of drug-likeness (QED) is 0.130. The lowest BCUT2D eigenvalue weighted by atomic mass is 10.0. The zero-order valence-electron chi connectivity index (χ0n) is 33.6. The molecular formula is C57H42N4. The average Bonchev–Trinajstić information content (AvgIpc) is 3.34. The third kappa shape index (κ3) is 7.39. The molecule has 0 spiro atoms. The molecule has 0 unspecified atom stereocenters. The fourth-order valence-electron chi connectivity index (χ4n) is 8.28. The van der Waals surface area contributed by atoms with E-state index in [0.717, 1.165) is 68.0 Å². The monoisotopic (exact) mass is 782 g/mol. The van der Waals surface area contributed by atoms with Crippen LogP contribution in [-0.2, 0) is 0 Å². The highest BCUT2D eigenvalue weighted by Crippen LogP contribution is 2.44. The van der Waals surface area contributed by atoms with Gasteiger partial charge in [-0.2, -0.15) is 0 Å². The van der Waals surface area contributed by atoms with E-state index in [1.54, 1.807) is 0 Å². The van der Waals surface area contributed by atoms with Crippen molar-refractivity contribution in [3.63, 3.8) is 0 Å². The van der Waals surface area contributed by atoms with E-state index in [9.17, 15) is 0 Å². The summed E-state index contributed by atoms with van der Waals surface area (Å²) in [6.07, 6.45) is 3.73. The SMILES string of the molecule is C=Cc1ccc(N(c2ccc(N(c3ccccc3)c3cccc4ccccc34)cc2)c2ccc(N(c3cccc(-c4ccccn4)c3)c3cccc4ccccc34)cc2)cc1. The van der Waals surface area contributed by atoms with Crippen LogP contribution in [0.2, 0.25) is 0 Å². The van der Waals surface area contributed by atoms with E-state index in [2.05, 4.69) is 245 Å². The molecule has 0 N–H and O–H groups in total. The Hall–Kier alpha value is -8.21. The number of rotatable bonds is 11. The summed E-state index contributed by atoms with van der Waals surface area (Å²) in [4.78, 5) is 11.7. The Morgan fingerprint density at radius 2 is 0.770 bits per heavy atom. The fraction of sp³-hybridized carbons (Fsp3) is 0. The minimum atomic E-state index is 0.936. The molecule has 0 saturated carbocycles. The van der Waals surface area contributed by atoms with Gasteiger partial charge in [0.1, 0.15) is 0 Å². The van der Waals surface area contributed by atoms with Gasteiger partial charge in [-0.15, -0.1) is 0 Å². The highest BCUT2D eigenvalue weighted by atomic mass is 15.2. The Morgan fingerprint density at radius 1 is 0.344 bits per heavy atom. The Morgan fingerprint density at radius 3 is 1.31 bits per heavy atom. The molecule has 4 nitrogen and oxygen atoms in total. The zero-order valence-corrected chi connectivity index (χ0v) is 33.6. The van der Waals surface area contributed by atoms with E-state index in [0.29, 0.717) is 0 Å². The number of anilines is 9. The summed E-state index contributed by atoms with van der Waals surface area (Å²) in [7, 11) is 0. The number of nitrogens with zero attached hydrogens (tertiary/aromatic N) is 4. The molecule has 0 fully saturated rings. The van der Waals surface area contributed by atoms with Crippen LogP contribution in [-0.4, -0.2) is 4.98 Å². The van der Waals surface area contributed by atoms with Gasteiger partial charge in [-0.1, -0.05) is 134 Å². The van der Waals surface area contributed by atoms with Crippen molar-refractivity contribution in [2.24, 2.45) is 0 Å². The van der Waals surface area contributed by atoms with Crippen LogP contribution in [0.25, 0.3) is 38.9 Å². The van der Waals surface area contributed by atoms with Crippen molar-refractivity contribution in [3.05, 3.63) is 249 Å². The lowest BCUT2D eigenvalue weighted by molar-refractivity contribution is 1.25. The van der Waals surface area contributed by atoms with Gasteiger partial charge in [0.2, 0.25) is 0 Å². The molecule has 10 aromatic rings. The van der Waals surface area contributed by atoms with Gasteiger partial charge in [-0.25, -0.2) is 0 Å². The number of para-hydroxylation sites is 1. The number of fused-ring (bicyclic) bond motifs is 2. The fourth-order valence-corrected chi connectivity index (χ4v) is 8.28. The standard InChI is InChI=1S/C57H42N4/c1-2-42-28-30-47(31-29-42)59(48-32-36-50(37-33-48)60(46-20-4-3-5-21-46)56-26-13-17-43-15-6-8-23-53(43)56)49-34-38-51(39-35-49)61(57-27-14-18-44-16-7-9-24-54(44)57)52-22-12-19-45(41-52)55-25-10-11-40-58-55/h2-41H,1H2. The minimum absolute atomic E-state index is 0.936. The molecule has 1 aromatic heterocycles. The molecule has 10 rings (SSSR count). The van der Waals surface area contributed by atoms with Crippen LogP contribution in [0, 0.1) is 0 Å². The first-order valence-electron chi connectivity index (χ1n) is 20.6. The second-order valence-corrected chi connectivity index (χ2v) is 14.9. The molecule has 0 aliphatic carbocycles. The Balaban J connectivity index is 1.07. The van der Waals surface area contributed by atoms with Crippen LogP contribution in [0.1, 0.15) is 5.56 Å². The van der Waals surface area contributed by atoms with E-state index >= 15 is 0 Å². The molecular weight excluding hydrogens is 741 g/mol. The predicted molar refractivity (Wildman–Crippen MR) is 259 cm³/mol. The number of hydrogen-bond acceptors (Lipinski definition) is 4. The smallest absolute Gasteiger partial charge is 0.0702 e. The Labute approximate surface area is 357 Å². The van der Waals surface area contributed by atoms with Gasteiger partial charge in [-0.3, -0.25) is 4.98 Å². The maximum atomic E-state index is 4.67. The highest BCUT2D eigenvalue weighted by Gasteiger charge is 2.20. The van der Waals surface area contributed by atoms with Crippen LogP contribution in [0.5, 0.6) is 0 Å². The third-order valence-electron chi connectivity index (χ3n) is 11.2. The van der Waals surface area contributed by atoms with Gasteiger partial charge in [0.25, 0.3) is 0 Å². The summed E-state index contributed by atoms with van der Waals surface area (Å²) >= 11 is 0. The molecule has 0 bridgehead atoms. The number of benzene rings is 9. The second kappa shape index (κ2) is 16.6. The van der Waals surface area contributed by atoms with Crippen LogP contribution >= 0.6 is 0 Å². The normalized spacial score (nSPS) is 11.0. The molecule has 0 amide bonds. The van der Waals surface area contributed by atoms with Crippen molar-refractivity contribution in [1.82, 2.24) is 4.98 Å². The van der Waals surface area contributed by atoms with Crippen molar-refractivity contribution < 1.29 is 0 Å². The van der Waals surface area contributed by atoms with Gasteiger partial charge in [0.15, 0.2) is 0 Å². The second-order valence-electron chi connectivity index (χ2n) is 14.9. The first kappa shape index (κ1) is 37.1. The van der Waals surface area contributed by atoms with Crippen molar-refractivity contribution in [1.29, 1.82) is 0 Å². The Kier molecular flexibility index (Phi) is 10.1. The molecule has 4 heteroatoms. The van der Waals surface area contributed by atoms with E-state index < -0.39 is 0 Å². The van der Waals surface area contributed by atoms with Crippen molar-refractivity contribution in [3.8, 4) is 11.3 Å². The predicted octanol–water partition coefficient (Wildman–Crippen LogP) is 16.1. The molecule has 0 aliphatic rings. The van der Waals surface area contributed by atoms with Crippen LogP contribution in [0.4, 0.5) is 51.2 Å². The molecule has 290 valence electrons. The zero-order chi connectivity index (χ0) is 41.0. The van der Waals surface area contributed by atoms with Crippen molar-refractivity contribution in [2.45, 2.75) is 0 Å². The summed E-state index contributed by atoms with van der Waals surface area (Å²) < 4.78 is 0.